The zero-order valence-electron chi connectivity index (χ0n) is 7.16. The quantitative estimate of drug-likeness (QED) is 0.629. The SMILES string of the molecule is CC1=NC12C(=O)Nc1ccccc12. The van der Waals surface area contributed by atoms with Crippen LogP contribution in [0.2, 0.25) is 0 Å². The van der Waals surface area contributed by atoms with Gasteiger partial charge in [0.1, 0.15) is 0 Å². The molecule has 2 aliphatic rings. The van der Waals surface area contributed by atoms with Gasteiger partial charge in [-0.3, -0.25) is 9.79 Å². The summed E-state index contributed by atoms with van der Waals surface area (Å²) in [5.74, 6) is -0.00815. The Labute approximate surface area is 75.5 Å². The molecule has 0 saturated heterocycles. The van der Waals surface area contributed by atoms with Gasteiger partial charge < -0.3 is 5.32 Å². The van der Waals surface area contributed by atoms with E-state index in [-0.39, 0.29) is 5.91 Å². The van der Waals surface area contributed by atoms with Gasteiger partial charge in [-0.1, -0.05) is 18.2 Å². The van der Waals surface area contributed by atoms with Crippen LogP contribution >= 0.6 is 0 Å². The minimum atomic E-state index is -0.614. The molecule has 3 rings (SSSR count). The molecule has 1 aromatic rings. The lowest BCUT2D eigenvalue weighted by Gasteiger charge is -2.02. The van der Waals surface area contributed by atoms with Gasteiger partial charge in [0.05, 0.1) is 5.71 Å². The third kappa shape index (κ3) is 0.613. The van der Waals surface area contributed by atoms with Crippen molar-refractivity contribution < 1.29 is 4.79 Å². The molecular weight excluding hydrogens is 164 g/mol. The topological polar surface area (TPSA) is 41.5 Å². The van der Waals surface area contributed by atoms with Crippen LogP contribution in [0, 0.1) is 0 Å². The molecule has 0 radical (unpaired) electrons. The minimum absolute atomic E-state index is 0.00815. The third-order valence-corrected chi connectivity index (χ3v) is 2.70. The summed E-state index contributed by atoms with van der Waals surface area (Å²) >= 11 is 0. The number of carbonyl (C=O) groups excluding carboxylic acids is 1. The van der Waals surface area contributed by atoms with Crippen molar-refractivity contribution in [1.82, 2.24) is 0 Å². The van der Waals surface area contributed by atoms with Crippen LogP contribution < -0.4 is 5.32 Å². The molecule has 0 aliphatic carbocycles. The molecule has 2 heterocycles. The molecule has 1 atom stereocenters. The number of nitrogens with one attached hydrogen (secondary N) is 1. The Morgan fingerprint density at radius 1 is 1.38 bits per heavy atom. The number of para-hydroxylation sites is 1. The first kappa shape index (κ1) is 6.83. The van der Waals surface area contributed by atoms with E-state index in [0.29, 0.717) is 0 Å². The van der Waals surface area contributed by atoms with Gasteiger partial charge in [0, 0.05) is 11.3 Å². The molecule has 3 nitrogen and oxygen atoms in total. The molecule has 1 spiro atoms. The molecular formula is C10H8N2O. The summed E-state index contributed by atoms with van der Waals surface area (Å²) in [4.78, 5) is 15.8. The number of carbonyl (C=O) groups is 1. The number of nitrogens with zero attached hydrogens (tertiary/aromatic N) is 1. The fraction of sp³-hybridized carbons (Fsp3) is 0.200. The zero-order valence-corrected chi connectivity index (χ0v) is 7.16. The lowest BCUT2D eigenvalue weighted by Crippen LogP contribution is -2.24. The van der Waals surface area contributed by atoms with Crippen molar-refractivity contribution in [2.24, 2.45) is 4.99 Å². The fourth-order valence-electron chi connectivity index (χ4n) is 1.94. The highest BCUT2D eigenvalue weighted by molar-refractivity contribution is 6.29. The first-order valence-electron chi connectivity index (χ1n) is 4.23. The molecule has 1 unspecified atom stereocenters. The molecule has 1 amide bonds. The molecule has 1 N–H and O–H groups in total. The van der Waals surface area contributed by atoms with Crippen LogP contribution in [0.4, 0.5) is 5.69 Å². The molecule has 13 heavy (non-hydrogen) atoms. The van der Waals surface area contributed by atoms with E-state index in [0.717, 1.165) is 17.0 Å². The summed E-state index contributed by atoms with van der Waals surface area (Å²) in [6.45, 7) is 1.89. The number of anilines is 1. The number of hydrogen-bond donors (Lipinski definition) is 1. The van der Waals surface area contributed by atoms with Crippen molar-refractivity contribution in [2.75, 3.05) is 5.32 Å². The summed E-state index contributed by atoms with van der Waals surface area (Å²) < 4.78 is 0. The maximum absolute atomic E-state index is 11.6. The number of hydrogen-bond acceptors (Lipinski definition) is 2. The van der Waals surface area contributed by atoms with Crippen molar-refractivity contribution in [3.05, 3.63) is 29.8 Å². The summed E-state index contributed by atoms with van der Waals surface area (Å²) in [6.07, 6.45) is 0. The zero-order chi connectivity index (χ0) is 9.05. The van der Waals surface area contributed by atoms with Gasteiger partial charge in [-0.15, -0.1) is 0 Å². The second-order valence-corrected chi connectivity index (χ2v) is 3.41. The molecule has 3 heteroatoms. The molecule has 0 saturated carbocycles. The molecule has 1 aromatic carbocycles. The maximum Gasteiger partial charge on any atom is 0.262 e. The van der Waals surface area contributed by atoms with Gasteiger partial charge >= 0.3 is 0 Å². The maximum atomic E-state index is 11.6. The van der Waals surface area contributed by atoms with Gasteiger partial charge in [-0.2, -0.15) is 0 Å². The van der Waals surface area contributed by atoms with Gasteiger partial charge in [0.15, 0.2) is 0 Å². The highest BCUT2D eigenvalue weighted by atomic mass is 16.2. The van der Waals surface area contributed by atoms with Crippen molar-refractivity contribution in [1.29, 1.82) is 0 Å². The molecule has 64 valence electrons. The monoisotopic (exact) mass is 172 g/mol. The summed E-state index contributed by atoms with van der Waals surface area (Å²) in [7, 11) is 0. The van der Waals surface area contributed by atoms with E-state index in [1.807, 2.05) is 31.2 Å². The van der Waals surface area contributed by atoms with Gasteiger partial charge in [-0.05, 0) is 13.0 Å². The Kier molecular flexibility index (Phi) is 0.954. The number of fused-ring (bicyclic) bond motifs is 2. The fourth-order valence-corrected chi connectivity index (χ4v) is 1.94. The predicted octanol–water partition coefficient (Wildman–Crippen LogP) is 1.31. The van der Waals surface area contributed by atoms with Crippen LogP contribution in [0.1, 0.15) is 12.5 Å². The van der Waals surface area contributed by atoms with Crippen LogP contribution in [0.3, 0.4) is 0 Å². The number of aliphatic imine (C=N–C) groups is 1. The summed E-state index contributed by atoms with van der Waals surface area (Å²) in [6, 6.07) is 7.70. The highest BCUT2D eigenvalue weighted by Gasteiger charge is 2.57. The van der Waals surface area contributed by atoms with Crippen LogP contribution in [0.15, 0.2) is 29.3 Å². The van der Waals surface area contributed by atoms with Crippen LogP contribution in [-0.2, 0) is 10.3 Å². The van der Waals surface area contributed by atoms with Crippen molar-refractivity contribution in [3.63, 3.8) is 0 Å². The Morgan fingerprint density at radius 3 is 2.77 bits per heavy atom. The van der Waals surface area contributed by atoms with E-state index in [4.69, 9.17) is 0 Å². The standard InChI is InChI=1S/C10H8N2O/c1-6-10(12-6)7-4-2-3-5-8(7)11-9(10)13/h2-5H,1H3,(H,11,13). The van der Waals surface area contributed by atoms with E-state index in [9.17, 15) is 4.79 Å². The number of benzene rings is 1. The molecule has 0 fully saturated rings. The van der Waals surface area contributed by atoms with Crippen molar-refractivity contribution in [2.45, 2.75) is 12.5 Å². The number of rotatable bonds is 0. The van der Waals surface area contributed by atoms with E-state index in [1.165, 1.54) is 0 Å². The minimum Gasteiger partial charge on any atom is -0.323 e. The van der Waals surface area contributed by atoms with Gasteiger partial charge in [-0.25, -0.2) is 0 Å². The van der Waals surface area contributed by atoms with Crippen LogP contribution in [0.5, 0.6) is 0 Å². The largest absolute Gasteiger partial charge is 0.323 e. The molecule has 0 aromatic heterocycles. The predicted molar refractivity (Wildman–Crippen MR) is 49.9 cm³/mol. The second-order valence-electron chi connectivity index (χ2n) is 3.41. The first-order chi connectivity index (χ1) is 6.25. The average molecular weight is 172 g/mol. The lowest BCUT2D eigenvalue weighted by atomic mass is 9.96. The normalized spacial score (nSPS) is 28.4. The lowest BCUT2D eigenvalue weighted by molar-refractivity contribution is -0.117. The van der Waals surface area contributed by atoms with Crippen LogP contribution in [-0.4, -0.2) is 11.6 Å². The Hall–Kier alpha value is -1.64. The summed E-state index contributed by atoms with van der Waals surface area (Å²) in [5, 5.41) is 2.83. The van der Waals surface area contributed by atoms with E-state index >= 15 is 0 Å². The third-order valence-electron chi connectivity index (χ3n) is 2.70. The van der Waals surface area contributed by atoms with E-state index in [2.05, 4.69) is 10.3 Å². The van der Waals surface area contributed by atoms with Crippen molar-refractivity contribution in [3.8, 4) is 0 Å². The van der Waals surface area contributed by atoms with E-state index in [1.54, 1.807) is 0 Å². The van der Waals surface area contributed by atoms with Crippen molar-refractivity contribution >= 4 is 17.3 Å². The van der Waals surface area contributed by atoms with Crippen LogP contribution in [0.25, 0.3) is 0 Å². The molecule has 0 bridgehead atoms. The number of amides is 1. The Bertz CT molecular complexity index is 450. The highest BCUT2D eigenvalue weighted by Crippen LogP contribution is 2.47. The average Bonchev–Trinajstić information content (AvgIpc) is 2.71. The summed E-state index contributed by atoms with van der Waals surface area (Å²) in [5.41, 5.74) is 2.19. The van der Waals surface area contributed by atoms with E-state index < -0.39 is 5.54 Å². The Balaban J connectivity index is 2.23. The molecule has 2 aliphatic heterocycles. The second kappa shape index (κ2) is 1.82. The Morgan fingerprint density at radius 2 is 2.08 bits per heavy atom. The smallest absolute Gasteiger partial charge is 0.262 e. The van der Waals surface area contributed by atoms with Gasteiger partial charge in [0.25, 0.3) is 5.91 Å². The van der Waals surface area contributed by atoms with Gasteiger partial charge in [0.2, 0.25) is 5.54 Å². The first-order valence-corrected chi connectivity index (χ1v) is 4.23.